The minimum Gasteiger partial charge on any atom is -0.349 e. The summed E-state index contributed by atoms with van der Waals surface area (Å²) in [4.78, 5) is 16.1. The van der Waals surface area contributed by atoms with Gasteiger partial charge in [0.25, 0.3) is 0 Å². The zero-order chi connectivity index (χ0) is 12.9. The Morgan fingerprint density at radius 2 is 2.29 bits per heavy atom. The van der Waals surface area contributed by atoms with Gasteiger partial charge in [0, 0.05) is 5.69 Å². The third-order valence-electron chi connectivity index (χ3n) is 2.83. The number of nitriles is 1. The van der Waals surface area contributed by atoms with E-state index in [0.717, 1.165) is 11.4 Å². The van der Waals surface area contributed by atoms with Crippen molar-refractivity contribution in [1.29, 1.82) is 5.26 Å². The minimum absolute atomic E-state index is 0.245. The van der Waals surface area contributed by atoms with Crippen LogP contribution < -0.4 is 5.32 Å². The summed E-state index contributed by atoms with van der Waals surface area (Å²) >= 11 is 0. The van der Waals surface area contributed by atoms with Crippen molar-refractivity contribution in [2.75, 3.05) is 0 Å². The minimum atomic E-state index is -0.955. The lowest BCUT2D eigenvalue weighted by Crippen LogP contribution is -2.37. The van der Waals surface area contributed by atoms with Gasteiger partial charge >= 0.3 is 0 Å². The first-order valence-electron chi connectivity index (χ1n) is 5.64. The van der Waals surface area contributed by atoms with Gasteiger partial charge in [-0.1, -0.05) is 13.0 Å². The van der Waals surface area contributed by atoms with Crippen LogP contribution in [-0.4, -0.2) is 10.9 Å². The second-order valence-electron chi connectivity index (χ2n) is 4.25. The Morgan fingerprint density at radius 3 is 2.82 bits per heavy atom. The number of rotatable bonds is 4. The summed E-state index contributed by atoms with van der Waals surface area (Å²) in [6.45, 7) is 5.73. The molecule has 0 spiro atoms. The highest BCUT2D eigenvalue weighted by Crippen LogP contribution is 2.19. The number of aromatic nitrogens is 1. The second kappa shape index (κ2) is 5.44. The van der Waals surface area contributed by atoms with Crippen LogP contribution in [0.1, 0.15) is 31.7 Å². The number of pyridine rings is 1. The summed E-state index contributed by atoms with van der Waals surface area (Å²) in [5.41, 5.74) is 0.758. The lowest BCUT2D eigenvalue weighted by atomic mass is 9.88. The molecule has 90 valence electrons. The number of carbonyl (C=O) groups is 1. The number of nitrogens with one attached hydrogen (secondary N) is 1. The molecule has 1 amide bonds. The summed E-state index contributed by atoms with van der Waals surface area (Å²) in [6, 6.07) is 7.69. The molecule has 1 aromatic rings. The monoisotopic (exact) mass is 231 g/mol. The molecule has 0 fully saturated rings. The highest BCUT2D eigenvalue weighted by molar-refractivity contribution is 5.84. The van der Waals surface area contributed by atoms with E-state index in [1.54, 1.807) is 6.92 Å². The smallest absolute Gasteiger partial charge is 0.240 e. The van der Waals surface area contributed by atoms with Crippen LogP contribution >= 0.6 is 0 Å². The summed E-state index contributed by atoms with van der Waals surface area (Å²) in [5, 5.41) is 11.7. The van der Waals surface area contributed by atoms with Crippen molar-refractivity contribution in [2.45, 2.75) is 33.7 Å². The standard InChI is InChI=1S/C13H17N3O/c1-4-13(3,9-14)12(17)15-8-11-7-5-6-10(2)16-11/h5-7H,4,8H2,1-3H3,(H,15,17). The summed E-state index contributed by atoms with van der Waals surface area (Å²) in [7, 11) is 0. The van der Waals surface area contributed by atoms with E-state index >= 15 is 0 Å². The first-order valence-corrected chi connectivity index (χ1v) is 5.64. The molecule has 0 radical (unpaired) electrons. The average Bonchev–Trinajstić information content (AvgIpc) is 2.35. The van der Waals surface area contributed by atoms with Crippen LogP contribution in [0.25, 0.3) is 0 Å². The third-order valence-corrected chi connectivity index (χ3v) is 2.83. The molecule has 1 atom stereocenters. The van der Waals surface area contributed by atoms with Crippen LogP contribution in [0.3, 0.4) is 0 Å². The maximum Gasteiger partial charge on any atom is 0.240 e. The molecule has 0 aliphatic carbocycles. The Kier molecular flexibility index (Phi) is 4.22. The van der Waals surface area contributed by atoms with Crippen molar-refractivity contribution in [3.63, 3.8) is 0 Å². The molecular formula is C13H17N3O. The third kappa shape index (κ3) is 3.28. The van der Waals surface area contributed by atoms with E-state index < -0.39 is 5.41 Å². The molecule has 1 unspecified atom stereocenters. The van der Waals surface area contributed by atoms with E-state index in [1.165, 1.54) is 0 Å². The Balaban J connectivity index is 2.63. The summed E-state index contributed by atoms with van der Waals surface area (Å²) in [6.07, 6.45) is 0.497. The highest BCUT2D eigenvalue weighted by Gasteiger charge is 2.30. The first-order chi connectivity index (χ1) is 8.01. The summed E-state index contributed by atoms with van der Waals surface area (Å²) in [5.74, 6) is -0.245. The maximum atomic E-state index is 11.8. The van der Waals surface area contributed by atoms with Gasteiger partial charge in [0.2, 0.25) is 5.91 Å². The normalized spacial score (nSPS) is 13.5. The van der Waals surface area contributed by atoms with E-state index in [0.29, 0.717) is 13.0 Å². The van der Waals surface area contributed by atoms with Gasteiger partial charge in [-0.3, -0.25) is 9.78 Å². The van der Waals surface area contributed by atoms with Crippen molar-refractivity contribution >= 4 is 5.91 Å². The summed E-state index contributed by atoms with van der Waals surface area (Å²) < 4.78 is 0. The molecule has 0 aromatic carbocycles. The second-order valence-corrected chi connectivity index (χ2v) is 4.25. The van der Waals surface area contributed by atoms with E-state index in [2.05, 4.69) is 10.3 Å². The van der Waals surface area contributed by atoms with Crippen LogP contribution in [0.4, 0.5) is 0 Å². The molecule has 0 aliphatic heterocycles. The molecule has 17 heavy (non-hydrogen) atoms. The Bertz CT molecular complexity index is 450. The molecule has 4 heteroatoms. The predicted octanol–water partition coefficient (Wildman–Crippen LogP) is 1.95. The number of amides is 1. The number of nitrogens with zero attached hydrogens (tertiary/aromatic N) is 2. The average molecular weight is 231 g/mol. The Labute approximate surface area is 102 Å². The van der Waals surface area contributed by atoms with Gasteiger partial charge in [-0.2, -0.15) is 5.26 Å². The highest BCUT2D eigenvalue weighted by atomic mass is 16.2. The number of hydrogen-bond donors (Lipinski definition) is 1. The van der Waals surface area contributed by atoms with Gasteiger partial charge in [-0.05, 0) is 32.4 Å². The van der Waals surface area contributed by atoms with Crippen LogP contribution in [-0.2, 0) is 11.3 Å². The molecule has 1 rings (SSSR count). The van der Waals surface area contributed by atoms with E-state index in [9.17, 15) is 4.79 Å². The number of hydrogen-bond acceptors (Lipinski definition) is 3. The van der Waals surface area contributed by atoms with Gasteiger partial charge in [-0.25, -0.2) is 0 Å². The van der Waals surface area contributed by atoms with E-state index in [4.69, 9.17) is 5.26 Å². The van der Waals surface area contributed by atoms with Gasteiger partial charge in [-0.15, -0.1) is 0 Å². The SMILES string of the molecule is CCC(C)(C#N)C(=O)NCc1cccc(C)n1. The van der Waals surface area contributed by atoms with Gasteiger partial charge in [0.05, 0.1) is 18.3 Å². The number of aryl methyl sites for hydroxylation is 1. The zero-order valence-electron chi connectivity index (χ0n) is 10.4. The molecule has 1 heterocycles. The number of carbonyl (C=O) groups excluding carboxylic acids is 1. The van der Waals surface area contributed by atoms with Crippen LogP contribution in [0, 0.1) is 23.7 Å². The predicted molar refractivity (Wildman–Crippen MR) is 64.8 cm³/mol. The molecule has 0 aliphatic rings. The Hall–Kier alpha value is -1.89. The van der Waals surface area contributed by atoms with Gasteiger partial charge in [0.15, 0.2) is 0 Å². The zero-order valence-corrected chi connectivity index (χ0v) is 10.4. The lowest BCUT2D eigenvalue weighted by Gasteiger charge is -2.18. The van der Waals surface area contributed by atoms with Crippen LogP contribution in [0.5, 0.6) is 0 Å². The molecule has 0 saturated heterocycles. The Morgan fingerprint density at radius 1 is 1.59 bits per heavy atom. The molecule has 4 nitrogen and oxygen atoms in total. The first kappa shape index (κ1) is 13.2. The molecule has 1 N–H and O–H groups in total. The van der Waals surface area contributed by atoms with Gasteiger partial charge in [0.1, 0.15) is 5.41 Å². The topological polar surface area (TPSA) is 65.8 Å². The van der Waals surface area contributed by atoms with Crippen LogP contribution in [0.2, 0.25) is 0 Å². The molecule has 0 saturated carbocycles. The van der Waals surface area contributed by atoms with Crippen molar-refractivity contribution in [3.8, 4) is 6.07 Å². The van der Waals surface area contributed by atoms with E-state index in [1.807, 2.05) is 38.1 Å². The van der Waals surface area contributed by atoms with Crippen molar-refractivity contribution < 1.29 is 4.79 Å². The van der Waals surface area contributed by atoms with Crippen molar-refractivity contribution in [2.24, 2.45) is 5.41 Å². The van der Waals surface area contributed by atoms with Crippen molar-refractivity contribution in [3.05, 3.63) is 29.6 Å². The fourth-order valence-electron chi connectivity index (χ4n) is 1.35. The maximum absolute atomic E-state index is 11.8. The molecular weight excluding hydrogens is 214 g/mol. The largest absolute Gasteiger partial charge is 0.349 e. The lowest BCUT2D eigenvalue weighted by molar-refractivity contribution is -0.127. The van der Waals surface area contributed by atoms with Gasteiger partial charge < -0.3 is 5.32 Å². The molecule has 1 aromatic heterocycles. The molecule has 0 bridgehead atoms. The van der Waals surface area contributed by atoms with E-state index in [-0.39, 0.29) is 5.91 Å². The fourth-order valence-corrected chi connectivity index (χ4v) is 1.35. The quantitative estimate of drug-likeness (QED) is 0.861. The van der Waals surface area contributed by atoms with Crippen LogP contribution in [0.15, 0.2) is 18.2 Å². The van der Waals surface area contributed by atoms with Crippen molar-refractivity contribution in [1.82, 2.24) is 10.3 Å². The fraction of sp³-hybridized carbons (Fsp3) is 0.462.